The summed E-state index contributed by atoms with van der Waals surface area (Å²) in [5.41, 5.74) is 0. The number of unbranched alkanes of at least 4 members (excludes halogenated alkanes) is 30. The summed E-state index contributed by atoms with van der Waals surface area (Å²) in [5, 5.41) is 3.00. The van der Waals surface area contributed by atoms with Crippen LogP contribution >= 0.6 is 7.82 Å². The fraction of sp³-hybridized carbons (Fsp3) is 0.887. The molecule has 0 aromatic carbocycles. The van der Waals surface area contributed by atoms with Gasteiger partial charge in [-0.05, 0) is 51.0 Å². The molecule has 372 valence electrons. The topological polar surface area (TPSA) is 114 Å². The predicted octanol–water partition coefficient (Wildman–Crippen LogP) is 14.8. The van der Waals surface area contributed by atoms with Crippen molar-refractivity contribution in [3.05, 3.63) is 24.3 Å². The summed E-state index contributed by atoms with van der Waals surface area (Å²) < 4.78 is 30.1. The lowest BCUT2D eigenvalue weighted by Crippen LogP contribution is -2.47. The summed E-state index contributed by atoms with van der Waals surface area (Å²) >= 11 is 0. The number of ether oxygens (including phenoxy) is 1. The number of nitrogens with zero attached hydrogens (tertiary/aromatic N) is 1. The van der Waals surface area contributed by atoms with Gasteiger partial charge in [0.25, 0.3) is 7.82 Å². The molecule has 1 N–H and O–H groups in total. The standard InChI is InChI=1S/C53H103N2O7P/c1-7-10-13-16-19-22-25-27-28-31-34-37-40-43-46-53(57)62-51(44-41-38-35-32-30-26-23-20-17-14-11-8-2)50(49-61-63(58,59)60-48-47-55(4,5)6)54-52(56)45-42-39-36-33-29-24-21-18-15-12-9-3/h18,21,41,44,50-51H,7-17,19-20,22-40,42-43,45-49H2,1-6H3,(H-,54,56,58,59)/b21-18-,44-41+. The fourth-order valence-electron chi connectivity index (χ4n) is 7.68. The molecule has 0 saturated heterocycles. The number of carbonyl (C=O) groups excluding carboxylic acids is 2. The van der Waals surface area contributed by atoms with Crippen LogP contribution in [0.15, 0.2) is 24.3 Å². The molecule has 1 amide bonds. The summed E-state index contributed by atoms with van der Waals surface area (Å²) in [6.07, 6.45) is 48.5. The zero-order valence-electron chi connectivity index (χ0n) is 42.3. The van der Waals surface area contributed by atoms with Crippen molar-refractivity contribution in [2.45, 2.75) is 264 Å². The first kappa shape index (κ1) is 61.5. The first-order chi connectivity index (χ1) is 30.4. The van der Waals surface area contributed by atoms with Crippen LogP contribution in [0.4, 0.5) is 0 Å². The third-order valence-corrected chi connectivity index (χ3v) is 12.8. The lowest BCUT2D eigenvalue weighted by Gasteiger charge is -2.30. The van der Waals surface area contributed by atoms with Crippen LogP contribution in [0.1, 0.15) is 252 Å². The lowest BCUT2D eigenvalue weighted by atomic mass is 10.0. The number of esters is 1. The summed E-state index contributed by atoms with van der Waals surface area (Å²) in [5.74, 6) is -0.545. The maximum absolute atomic E-state index is 13.4. The number of quaternary nitrogens is 1. The zero-order valence-corrected chi connectivity index (χ0v) is 43.2. The molecule has 0 aliphatic heterocycles. The van der Waals surface area contributed by atoms with Gasteiger partial charge in [-0.25, -0.2) is 0 Å². The van der Waals surface area contributed by atoms with E-state index < -0.39 is 20.0 Å². The first-order valence-corrected chi connectivity index (χ1v) is 28.1. The molecular weight excluding hydrogens is 808 g/mol. The number of rotatable bonds is 48. The maximum Gasteiger partial charge on any atom is 0.306 e. The predicted molar refractivity (Wildman–Crippen MR) is 266 cm³/mol. The molecule has 9 nitrogen and oxygen atoms in total. The number of hydrogen-bond donors (Lipinski definition) is 1. The molecule has 0 aromatic rings. The number of phosphoric ester groups is 1. The largest absolute Gasteiger partial charge is 0.756 e. The van der Waals surface area contributed by atoms with E-state index in [-0.39, 0.29) is 31.5 Å². The van der Waals surface area contributed by atoms with Gasteiger partial charge in [0.1, 0.15) is 19.3 Å². The number of hydrogen-bond acceptors (Lipinski definition) is 7. The Bertz CT molecular complexity index is 1140. The van der Waals surface area contributed by atoms with Gasteiger partial charge in [0.15, 0.2) is 0 Å². The van der Waals surface area contributed by atoms with Gasteiger partial charge in [0.05, 0.1) is 33.8 Å². The van der Waals surface area contributed by atoms with Crippen LogP contribution in [0.25, 0.3) is 0 Å². The molecule has 3 unspecified atom stereocenters. The van der Waals surface area contributed by atoms with Crippen LogP contribution in [-0.2, 0) is 27.9 Å². The van der Waals surface area contributed by atoms with Gasteiger partial charge in [-0.15, -0.1) is 0 Å². The molecule has 0 fully saturated rings. The molecule has 0 aliphatic carbocycles. The number of allylic oxidation sites excluding steroid dienone is 3. The molecule has 10 heteroatoms. The molecule has 0 saturated carbocycles. The Morgan fingerprint density at radius 3 is 1.40 bits per heavy atom. The van der Waals surface area contributed by atoms with E-state index in [2.05, 4.69) is 38.2 Å². The highest BCUT2D eigenvalue weighted by Crippen LogP contribution is 2.38. The second kappa shape index (κ2) is 44.3. The Morgan fingerprint density at radius 2 is 0.937 bits per heavy atom. The van der Waals surface area contributed by atoms with E-state index >= 15 is 0 Å². The normalized spacial score (nSPS) is 14.1. The molecule has 63 heavy (non-hydrogen) atoms. The van der Waals surface area contributed by atoms with E-state index in [1.54, 1.807) is 0 Å². The van der Waals surface area contributed by atoms with Gasteiger partial charge in [0, 0.05) is 12.8 Å². The zero-order chi connectivity index (χ0) is 46.5. The number of carbonyl (C=O) groups is 2. The quantitative estimate of drug-likeness (QED) is 0.0213. The Hall–Kier alpha value is -1.51. The van der Waals surface area contributed by atoms with Crippen LogP contribution < -0.4 is 10.2 Å². The summed E-state index contributed by atoms with van der Waals surface area (Å²) in [7, 11) is 1.19. The average molecular weight is 911 g/mol. The Morgan fingerprint density at radius 1 is 0.540 bits per heavy atom. The van der Waals surface area contributed by atoms with Crippen molar-refractivity contribution in [2.24, 2.45) is 0 Å². The summed E-state index contributed by atoms with van der Waals surface area (Å²) in [6.45, 7) is 6.80. The van der Waals surface area contributed by atoms with Gasteiger partial charge >= 0.3 is 5.97 Å². The van der Waals surface area contributed by atoms with E-state index in [0.29, 0.717) is 17.4 Å². The van der Waals surface area contributed by atoms with Crippen molar-refractivity contribution < 1.29 is 37.3 Å². The van der Waals surface area contributed by atoms with E-state index in [9.17, 15) is 19.0 Å². The van der Waals surface area contributed by atoms with Crippen molar-refractivity contribution in [1.82, 2.24) is 5.32 Å². The van der Waals surface area contributed by atoms with Crippen molar-refractivity contribution >= 4 is 19.7 Å². The minimum Gasteiger partial charge on any atom is -0.756 e. The summed E-state index contributed by atoms with van der Waals surface area (Å²) in [6, 6.07) is -0.884. The third kappa shape index (κ3) is 45.4. The number of phosphoric acid groups is 1. The molecule has 0 spiro atoms. The molecule has 0 aliphatic rings. The molecule has 3 atom stereocenters. The minimum absolute atomic E-state index is 0.0210. The van der Waals surface area contributed by atoms with Crippen LogP contribution in [0.5, 0.6) is 0 Å². The first-order valence-electron chi connectivity index (χ1n) is 26.6. The van der Waals surface area contributed by atoms with Crippen molar-refractivity contribution in [1.29, 1.82) is 0 Å². The highest BCUT2D eigenvalue weighted by Gasteiger charge is 2.27. The van der Waals surface area contributed by atoms with Gasteiger partial charge in [-0.1, -0.05) is 212 Å². The molecule has 0 bridgehead atoms. The Kier molecular flexibility index (Phi) is 43.3. The van der Waals surface area contributed by atoms with E-state index in [1.165, 1.54) is 135 Å². The molecule has 0 heterocycles. The fourth-order valence-corrected chi connectivity index (χ4v) is 8.40. The molecule has 0 aromatic heterocycles. The number of nitrogens with one attached hydrogen (secondary N) is 1. The minimum atomic E-state index is -4.68. The maximum atomic E-state index is 13.4. The van der Waals surface area contributed by atoms with Crippen LogP contribution in [0, 0.1) is 0 Å². The van der Waals surface area contributed by atoms with Gasteiger partial charge in [-0.3, -0.25) is 14.2 Å². The highest BCUT2D eigenvalue weighted by atomic mass is 31.2. The second-order valence-corrected chi connectivity index (χ2v) is 20.8. The van der Waals surface area contributed by atoms with Crippen LogP contribution in [0.3, 0.4) is 0 Å². The third-order valence-electron chi connectivity index (χ3n) is 11.9. The molecule has 0 rings (SSSR count). The molecular formula is C53H103N2O7P. The van der Waals surface area contributed by atoms with Crippen molar-refractivity contribution in [2.75, 3.05) is 40.9 Å². The SMILES string of the molecule is CCCC/C=C\CCCCCCCC(=O)NC(COP(=O)([O-])OCC[N+](C)(C)C)C(/C=C/CCCCCCCCCCCC)OC(=O)CCCCCCCCCCCCCCCC. The highest BCUT2D eigenvalue weighted by molar-refractivity contribution is 7.45. The number of amides is 1. The average Bonchev–Trinajstić information content (AvgIpc) is 3.23. The van der Waals surface area contributed by atoms with Gasteiger partial charge < -0.3 is 28.5 Å². The van der Waals surface area contributed by atoms with E-state index in [1.807, 2.05) is 33.3 Å². The Labute approximate surface area is 390 Å². The number of likely N-dealkylation sites (N-methyl/N-ethyl adjacent to an activating group) is 1. The summed E-state index contributed by atoms with van der Waals surface area (Å²) in [4.78, 5) is 39.6. The Balaban J connectivity index is 5.40. The smallest absolute Gasteiger partial charge is 0.306 e. The van der Waals surface area contributed by atoms with Crippen LogP contribution in [0.2, 0.25) is 0 Å². The van der Waals surface area contributed by atoms with E-state index in [0.717, 1.165) is 83.5 Å². The van der Waals surface area contributed by atoms with Gasteiger partial charge in [0.2, 0.25) is 5.91 Å². The van der Waals surface area contributed by atoms with E-state index in [4.69, 9.17) is 13.8 Å². The monoisotopic (exact) mass is 911 g/mol. The van der Waals surface area contributed by atoms with Crippen molar-refractivity contribution in [3.8, 4) is 0 Å². The second-order valence-electron chi connectivity index (χ2n) is 19.4. The molecule has 0 radical (unpaired) electrons. The lowest BCUT2D eigenvalue weighted by molar-refractivity contribution is -0.870. The van der Waals surface area contributed by atoms with Crippen molar-refractivity contribution in [3.63, 3.8) is 0 Å². The van der Waals surface area contributed by atoms with Gasteiger partial charge in [-0.2, -0.15) is 0 Å². The van der Waals surface area contributed by atoms with Crippen LogP contribution in [-0.4, -0.2) is 69.4 Å².